The van der Waals surface area contributed by atoms with Gasteiger partial charge in [-0.2, -0.15) is 11.3 Å². The third kappa shape index (κ3) is 3.51. The van der Waals surface area contributed by atoms with Gasteiger partial charge in [0.1, 0.15) is 5.82 Å². The first kappa shape index (κ1) is 14.7. The number of thiophene rings is 1. The highest BCUT2D eigenvalue weighted by Crippen LogP contribution is 2.37. The number of hydrogen-bond acceptors (Lipinski definition) is 3. The van der Waals surface area contributed by atoms with Crippen molar-refractivity contribution in [3.8, 4) is 0 Å². The number of hydrogen-bond donors (Lipinski definition) is 1. The van der Waals surface area contributed by atoms with Crippen LogP contribution in [0.5, 0.6) is 0 Å². The Balaban J connectivity index is 1.87. The van der Waals surface area contributed by atoms with Crippen molar-refractivity contribution >= 4 is 11.3 Å². The van der Waals surface area contributed by atoms with Gasteiger partial charge in [-0.05, 0) is 59.9 Å². The Morgan fingerprint density at radius 1 is 1.29 bits per heavy atom. The van der Waals surface area contributed by atoms with Crippen LogP contribution >= 0.6 is 11.3 Å². The van der Waals surface area contributed by atoms with Crippen LogP contribution in [0.4, 0.5) is 4.39 Å². The maximum Gasteiger partial charge on any atom is 0.123 e. The number of nitrogens with two attached hydrogens (primary N) is 1. The Labute approximate surface area is 129 Å². The summed E-state index contributed by atoms with van der Waals surface area (Å²) in [6.45, 7) is 2.95. The molecule has 2 N–H and O–H groups in total. The number of nitrogens with zero attached hydrogens (tertiary/aromatic N) is 1. The van der Waals surface area contributed by atoms with Gasteiger partial charge >= 0.3 is 0 Å². The smallest absolute Gasteiger partial charge is 0.123 e. The predicted octanol–water partition coefficient (Wildman–Crippen LogP) is 3.94. The highest BCUT2D eigenvalue weighted by molar-refractivity contribution is 7.07. The maximum absolute atomic E-state index is 13.2. The summed E-state index contributed by atoms with van der Waals surface area (Å²) >= 11 is 1.72. The first-order valence-electron chi connectivity index (χ1n) is 7.43. The van der Waals surface area contributed by atoms with Crippen molar-refractivity contribution in [3.63, 3.8) is 0 Å². The molecule has 0 saturated heterocycles. The zero-order valence-corrected chi connectivity index (χ0v) is 13.0. The molecule has 0 aliphatic heterocycles. The molecule has 0 radical (unpaired) electrons. The Morgan fingerprint density at radius 3 is 2.52 bits per heavy atom. The van der Waals surface area contributed by atoms with E-state index in [0.29, 0.717) is 6.04 Å². The molecule has 2 unspecified atom stereocenters. The van der Waals surface area contributed by atoms with Gasteiger partial charge in [-0.3, -0.25) is 4.90 Å². The summed E-state index contributed by atoms with van der Waals surface area (Å²) < 4.78 is 13.2. The molecule has 1 aliphatic rings. The molecule has 1 saturated carbocycles. The standard InChI is InChI=1S/C17H21FN2S/c1-12(19)17(14-2-4-15(18)5-3-14)20(16-6-7-16)10-13-8-9-21-11-13/h2-5,8-9,11-12,16-17H,6-7,10,19H2,1H3. The SMILES string of the molecule is CC(N)C(c1ccc(F)cc1)N(Cc1ccsc1)C1CC1. The van der Waals surface area contributed by atoms with E-state index in [1.54, 1.807) is 11.3 Å². The Bertz CT molecular complexity index is 561. The fourth-order valence-corrected chi connectivity index (χ4v) is 3.57. The molecule has 1 aromatic carbocycles. The number of benzene rings is 1. The van der Waals surface area contributed by atoms with Gasteiger partial charge < -0.3 is 5.73 Å². The normalized spacial score (nSPS) is 17.9. The van der Waals surface area contributed by atoms with Crippen LogP contribution in [0.2, 0.25) is 0 Å². The van der Waals surface area contributed by atoms with Crippen LogP contribution in [0.1, 0.15) is 36.9 Å². The monoisotopic (exact) mass is 304 g/mol. The molecule has 1 heterocycles. The molecule has 2 nitrogen and oxygen atoms in total. The zero-order chi connectivity index (χ0) is 14.8. The minimum Gasteiger partial charge on any atom is -0.326 e. The van der Waals surface area contributed by atoms with E-state index in [1.165, 1.54) is 30.5 Å². The molecule has 1 aliphatic carbocycles. The summed E-state index contributed by atoms with van der Waals surface area (Å²) in [4.78, 5) is 2.49. The summed E-state index contributed by atoms with van der Waals surface area (Å²) in [6, 6.07) is 9.71. The first-order valence-corrected chi connectivity index (χ1v) is 8.37. The second-order valence-corrected chi connectivity index (χ2v) is 6.67. The maximum atomic E-state index is 13.2. The molecule has 4 heteroatoms. The first-order chi connectivity index (χ1) is 10.1. The van der Waals surface area contributed by atoms with Gasteiger partial charge in [-0.15, -0.1) is 0 Å². The van der Waals surface area contributed by atoms with Crippen molar-refractivity contribution in [2.45, 2.75) is 44.4 Å². The van der Waals surface area contributed by atoms with Gasteiger partial charge in [0.25, 0.3) is 0 Å². The van der Waals surface area contributed by atoms with Crippen LogP contribution in [0.3, 0.4) is 0 Å². The van der Waals surface area contributed by atoms with E-state index < -0.39 is 0 Å². The average molecular weight is 304 g/mol. The third-order valence-corrected chi connectivity index (χ3v) is 4.76. The lowest BCUT2D eigenvalue weighted by molar-refractivity contribution is 0.157. The molecule has 2 atom stereocenters. The van der Waals surface area contributed by atoms with Crippen LogP contribution in [-0.4, -0.2) is 17.0 Å². The molecule has 2 aromatic rings. The van der Waals surface area contributed by atoms with E-state index in [0.717, 1.165) is 12.1 Å². The van der Waals surface area contributed by atoms with Gasteiger partial charge in [0, 0.05) is 18.6 Å². The van der Waals surface area contributed by atoms with Gasteiger partial charge in [-0.25, -0.2) is 4.39 Å². The summed E-state index contributed by atoms with van der Waals surface area (Å²) in [5, 5.41) is 4.30. The van der Waals surface area contributed by atoms with Crippen LogP contribution in [-0.2, 0) is 6.54 Å². The quantitative estimate of drug-likeness (QED) is 0.876. The van der Waals surface area contributed by atoms with Gasteiger partial charge in [-0.1, -0.05) is 12.1 Å². The molecule has 0 amide bonds. The lowest BCUT2D eigenvalue weighted by atomic mass is 9.98. The van der Waals surface area contributed by atoms with Crippen molar-refractivity contribution < 1.29 is 4.39 Å². The minimum atomic E-state index is -0.196. The van der Waals surface area contributed by atoms with Crippen LogP contribution in [0.25, 0.3) is 0 Å². The Hall–Kier alpha value is -1.23. The lowest BCUT2D eigenvalue weighted by Crippen LogP contribution is -2.40. The zero-order valence-electron chi connectivity index (χ0n) is 12.2. The van der Waals surface area contributed by atoms with E-state index >= 15 is 0 Å². The largest absolute Gasteiger partial charge is 0.326 e. The molecule has 0 spiro atoms. The van der Waals surface area contributed by atoms with Crippen LogP contribution in [0, 0.1) is 5.82 Å². The number of rotatable bonds is 6. The summed E-state index contributed by atoms with van der Waals surface area (Å²) in [5.74, 6) is -0.196. The van der Waals surface area contributed by atoms with E-state index in [-0.39, 0.29) is 17.9 Å². The summed E-state index contributed by atoms with van der Waals surface area (Å²) in [6.07, 6.45) is 2.46. The molecular formula is C17H21FN2S. The molecule has 112 valence electrons. The second-order valence-electron chi connectivity index (χ2n) is 5.89. The van der Waals surface area contributed by atoms with E-state index in [2.05, 4.69) is 21.7 Å². The van der Waals surface area contributed by atoms with Gasteiger partial charge in [0.05, 0.1) is 6.04 Å². The lowest BCUT2D eigenvalue weighted by Gasteiger charge is -2.34. The minimum absolute atomic E-state index is 0.00898. The van der Waals surface area contributed by atoms with Gasteiger partial charge in [0.2, 0.25) is 0 Å². The molecule has 0 bridgehead atoms. The Kier molecular flexibility index (Phi) is 4.38. The fourth-order valence-electron chi connectivity index (χ4n) is 2.91. The summed E-state index contributed by atoms with van der Waals surface area (Å²) in [7, 11) is 0. The van der Waals surface area contributed by atoms with E-state index in [1.807, 2.05) is 19.1 Å². The average Bonchev–Trinajstić information content (AvgIpc) is 3.18. The van der Waals surface area contributed by atoms with Crippen molar-refractivity contribution in [1.82, 2.24) is 4.90 Å². The molecule has 1 fully saturated rings. The topological polar surface area (TPSA) is 29.3 Å². The van der Waals surface area contributed by atoms with Gasteiger partial charge in [0.15, 0.2) is 0 Å². The molecule has 3 rings (SSSR count). The second kappa shape index (κ2) is 6.26. The molecular weight excluding hydrogens is 283 g/mol. The van der Waals surface area contributed by atoms with Crippen LogP contribution < -0.4 is 5.73 Å². The highest BCUT2D eigenvalue weighted by atomic mass is 32.1. The van der Waals surface area contributed by atoms with E-state index in [4.69, 9.17) is 5.73 Å². The number of halogens is 1. The predicted molar refractivity (Wildman–Crippen MR) is 85.7 cm³/mol. The van der Waals surface area contributed by atoms with Crippen molar-refractivity contribution in [2.75, 3.05) is 0 Å². The fraction of sp³-hybridized carbons (Fsp3) is 0.412. The summed E-state index contributed by atoms with van der Waals surface area (Å²) in [5.41, 5.74) is 8.71. The molecule has 21 heavy (non-hydrogen) atoms. The van der Waals surface area contributed by atoms with E-state index in [9.17, 15) is 4.39 Å². The molecule has 1 aromatic heterocycles. The van der Waals surface area contributed by atoms with Crippen molar-refractivity contribution in [1.29, 1.82) is 0 Å². The van der Waals surface area contributed by atoms with Crippen LogP contribution in [0.15, 0.2) is 41.1 Å². The van der Waals surface area contributed by atoms with Crippen molar-refractivity contribution in [2.24, 2.45) is 5.73 Å². The Morgan fingerprint density at radius 2 is 2.00 bits per heavy atom. The third-order valence-electron chi connectivity index (χ3n) is 4.03. The highest BCUT2D eigenvalue weighted by Gasteiger charge is 2.36. The van der Waals surface area contributed by atoms with Crippen molar-refractivity contribution in [3.05, 3.63) is 58.0 Å².